The molecule has 21 heavy (non-hydrogen) atoms. The van der Waals surface area contributed by atoms with Crippen LogP contribution in [0.5, 0.6) is 0 Å². The van der Waals surface area contributed by atoms with Crippen molar-refractivity contribution >= 4 is 21.8 Å². The molecule has 0 bridgehead atoms. The molecule has 0 unspecified atom stereocenters. The molecule has 1 atom stereocenters. The van der Waals surface area contributed by atoms with Crippen molar-refractivity contribution in [3.63, 3.8) is 0 Å². The maximum atomic E-state index is 12.0. The van der Waals surface area contributed by atoms with Gasteiger partial charge in [-0.2, -0.15) is 0 Å². The van der Waals surface area contributed by atoms with Gasteiger partial charge in [-0.05, 0) is 44.5 Å². The van der Waals surface area contributed by atoms with Crippen LogP contribution in [0.2, 0.25) is 0 Å². The molecule has 6 nitrogen and oxygen atoms in total. The maximum Gasteiger partial charge on any atom is 0.338 e. The minimum Gasteiger partial charge on any atom is -0.451 e. The number of carbonyl (C=O) groups excluding carboxylic acids is 2. The van der Waals surface area contributed by atoms with E-state index in [1.807, 2.05) is 0 Å². The minimum atomic E-state index is -3.62. The van der Waals surface area contributed by atoms with Crippen molar-refractivity contribution in [2.24, 2.45) is 0 Å². The topological polar surface area (TPSA) is 89.5 Å². The lowest BCUT2D eigenvalue weighted by atomic mass is 9.96. The third kappa shape index (κ3) is 3.68. The molecule has 1 fully saturated rings. The molecule has 0 aliphatic heterocycles. The number of Topliss-reactive ketones (excluding diaryl/α,β-unsaturated/α-hetero) is 1. The van der Waals surface area contributed by atoms with E-state index in [4.69, 9.17) is 4.74 Å². The molecule has 0 amide bonds. The minimum absolute atomic E-state index is 0.0191. The van der Waals surface area contributed by atoms with Gasteiger partial charge in [0.2, 0.25) is 10.0 Å². The number of nitrogens with one attached hydrogen (secondary N) is 1. The van der Waals surface area contributed by atoms with Crippen LogP contribution in [0.4, 0.5) is 0 Å². The van der Waals surface area contributed by atoms with Crippen LogP contribution in [-0.4, -0.2) is 33.3 Å². The van der Waals surface area contributed by atoms with Gasteiger partial charge in [-0.1, -0.05) is 6.07 Å². The van der Waals surface area contributed by atoms with E-state index in [-0.39, 0.29) is 16.2 Å². The van der Waals surface area contributed by atoms with Crippen LogP contribution in [0.1, 0.15) is 36.0 Å². The lowest BCUT2D eigenvalue weighted by Crippen LogP contribution is -2.30. The van der Waals surface area contributed by atoms with Crippen molar-refractivity contribution < 1.29 is 22.7 Å². The molecule has 2 rings (SSSR count). The zero-order valence-corrected chi connectivity index (χ0v) is 12.5. The van der Waals surface area contributed by atoms with Gasteiger partial charge in [0, 0.05) is 6.42 Å². The first-order valence-electron chi connectivity index (χ1n) is 6.71. The molecule has 0 saturated heterocycles. The van der Waals surface area contributed by atoms with Gasteiger partial charge in [0.25, 0.3) is 0 Å². The highest BCUT2D eigenvalue weighted by molar-refractivity contribution is 7.89. The first kappa shape index (κ1) is 15.7. The Morgan fingerprint density at radius 2 is 2.10 bits per heavy atom. The summed E-state index contributed by atoms with van der Waals surface area (Å²) in [6, 6.07) is 5.55. The van der Waals surface area contributed by atoms with Crippen molar-refractivity contribution in [2.75, 3.05) is 7.05 Å². The van der Waals surface area contributed by atoms with Crippen LogP contribution >= 0.6 is 0 Å². The van der Waals surface area contributed by atoms with E-state index in [0.717, 1.165) is 12.8 Å². The second-order valence-electron chi connectivity index (χ2n) is 4.84. The summed E-state index contributed by atoms with van der Waals surface area (Å²) < 4.78 is 30.8. The number of sulfonamides is 1. The van der Waals surface area contributed by atoms with Crippen LogP contribution in [0, 0.1) is 0 Å². The summed E-state index contributed by atoms with van der Waals surface area (Å²) in [5.74, 6) is -0.753. The SMILES string of the molecule is CNS(=O)(=O)c1cccc(C(=O)O[C@H]2CCCCC2=O)c1. The number of rotatable bonds is 4. The Kier molecular flexibility index (Phi) is 4.74. The lowest BCUT2D eigenvalue weighted by Gasteiger charge is -2.20. The zero-order chi connectivity index (χ0) is 15.5. The molecule has 1 aromatic carbocycles. The van der Waals surface area contributed by atoms with Crippen molar-refractivity contribution in [1.82, 2.24) is 4.72 Å². The summed E-state index contributed by atoms with van der Waals surface area (Å²) in [6.07, 6.45) is 1.90. The van der Waals surface area contributed by atoms with E-state index < -0.39 is 22.1 Å². The molecular formula is C14H17NO5S. The summed E-state index contributed by atoms with van der Waals surface area (Å²) >= 11 is 0. The van der Waals surface area contributed by atoms with Gasteiger partial charge in [-0.15, -0.1) is 0 Å². The van der Waals surface area contributed by atoms with Crippen molar-refractivity contribution in [1.29, 1.82) is 0 Å². The average Bonchev–Trinajstić information content (AvgIpc) is 2.49. The quantitative estimate of drug-likeness (QED) is 0.846. The highest BCUT2D eigenvalue weighted by Crippen LogP contribution is 2.19. The second kappa shape index (κ2) is 6.36. The fourth-order valence-electron chi connectivity index (χ4n) is 2.18. The molecule has 1 N–H and O–H groups in total. The number of hydrogen-bond acceptors (Lipinski definition) is 5. The second-order valence-corrected chi connectivity index (χ2v) is 6.73. The number of ketones is 1. The van der Waals surface area contributed by atoms with Crippen LogP contribution < -0.4 is 4.72 Å². The van der Waals surface area contributed by atoms with E-state index >= 15 is 0 Å². The van der Waals surface area contributed by atoms with Crippen molar-refractivity contribution in [2.45, 2.75) is 36.7 Å². The molecule has 0 spiro atoms. The Bertz CT molecular complexity index is 653. The fraction of sp³-hybridized carbons (Fsp3) is 0.429. The largest absolute Gasteiger partial charge is 0.451 e. The van der Waals surface area contributed by atoms with Crippen molar-refractivity contribution in [3.8, 4) is 0 Å². The third-order valence-electron chi connectivity index (χ3n) is 3.40. The van der Waals surface area contributed by atoms with E-state index in [1.165, 1.54) is 31.3 Å². The Hall–Kier alpha value is -1.73. The molecular weight excluding hydrogens is 294 g/mol. The van der Waals surface area contributed by atoms with Gasteiger partial charge in [-0.25, -0.2) is 17.9 Å². The highest BCUT2D eigenvalue weighted by Gasteiger charge is 2.26. The predicted octanol–water partition coefficient (Wildman–Crippen LogP) is 1.26. The molecule has 0 radical (unpaired) electrons. The summed E-state index contributed by atoms with van der Waals surface area (Å²) in [6.45, 7) is 0. The molecule has 114 valence electrons. The third-order valence-corrected chi connectivity index (χ3v) is 4.81. The van der Waals surface area contributed by atoms with Gasteiger partial charge < -0.3 is 4.74 Å². The molecule has 1 aliphatic carbocycles. The normalized spacial score (nSPS) is 19.3. The molecule has 1 saturated carbocycles. The molecule has 7 heteroatoms. The summed E-state index contributed by atoms with van der Waals surface area (Å²) in [7, 11) is -2.33. The zero-order valence-electron chi connectivity index (χ0n) is 11.7. The lowest BCUT2D eigenvalue weighted by molar-refractivity contribution is -0.129. The van der Waals surface area contributed by atoms with E-state index in [0.29, 0.717) is 12.8 Å². The van der Waals surface area contributed by atoms with E-state index in [2.05, 4.69) is 4.72 Å². The molecule has 1 aliphatic rings. The van der Waals surface area contributed by atoms with Crippen LogP contribution in [0.3, 0.4) is 0 Å². The molecule has 0 heterocycles. The predicted molar refractivity (Wildman–Crippen MR) is 75.4 cm³/mol. The Morgan fingerprint density at radius 3 is 2.76 bits per heavy atom. The summed E-state index contributed by atoms with van der Waals surface area (Å²) in [5.41, 5.74) is 0.115. The van der Waals surface area contributed by atoms with E-state index in [1.54, 1.807) is 0 Å². The average molecular weight is 311 g/mol. The molecule has 0 aromatic heterocycles. The smallest absolute Gasteiger partial charge is 0.338 e. The number of esters is 1. The maximum absolute atomic E-state index is 12.0. The standard InChI is InChI=1S/C14H17NO5S/c1-15-21(18,19)11-6-4-5-10(9-11)14(17)20-13-8-3-2-7-12(13)16/h4-6,9,13,15H,2-3,7-8H2,1H3/t13-/m0/s1. The highest BCUT2D eigenvalue weighted by atomic mass is 32.2. The van der Waals surface area contributed by atoms with E-state index in [9.17, 15) is 18.0 Å². The number of carbonyl (C=O) groups is 2. The van der Waals surface area contributed by atoms with Crippen molar-refractivity contribution in [3.05, 3.63) is 29.8 Å². The Morgan fingerprint density at radius 1 is 1.33 bits per heavy atom. The number of hydrogen-bond donors (Lipinski definition) is 1. The first-order valence-corrected chi connectivity index (χ1v) is 8.19. The van der Waals surface area contributed by atoms with Crippen LogP contribution in [0.25, 0.3) is 0 Å². The monoisotopic (exact) mass is 311 g/mol. The fourth-order valence-corrected chi connectivity index (χ4v) is 2.96. The summed E-state index contributed by atoms with van der Waals surface area (Å²) in [4.78, 5) is 23.7. The number of benzene rings is 1. The molecule has 1 aromatic rings. The first-order chi connectivity index (χ1) is 9.94. The van der Waals surface area contributed by atoms with Crippen LogP contribution in [-0.2, 0) is 19.6 Å². The van der Waals surface area contributed by atoms with Gasteiger partial charge >= 0.3 is 5.97 Å². The Balaban J connectivity index is 2.16. The van der Waals surface area contributed by atoms with Gasteiger partial charge in [0.15, 0.2) is 11.9 Å². The Labute approximate surface area is 123 Å². The van der Waals surface area contributed by atoms with Crippen LogP contribution in [0.15, 0.2) is 29.2 Å². The van der Waals surface area contributed by atoms with Gasteiger partial charge in [0.05, 0.1) is 10.5 Å². The number of ether oxygens (including phenoxy) is 1. The van der Waals surface area contributed by atoms with Gasteiger partial charge in [0.1, 0.15) is 0 Å². The van der Waals surface area contributed by atoms with Gasteiger partial charge in [-0.3, -0.25) is 4.79 Å². The summed E-state index contributed by atoms with van der Waals surface area (Å²) in [5, 5.41) is 0.